The molecule has 2 rings (SSSR count). The van der Waals surface area contributed by atoms with E-state index in [0.29, 0.717) is 18.8 Å². The van der Waals surface area contributed by atoms with E-state index in [2.05, 4.69) is 6.92 Å². The highest BCUT2D eigenvalue weighted by Gasteiger charge is 2.48. The largest absolute Gasteiger partial charge is 0.392 e. The quantitative estimate of drug-likeness (QED) is 0.659. The van der Waals surface area contributed by atoms with E-state index in [1.54, 1.807) is 0 Å². The van der Waals surface area contributed by atoms with Crippen LogP contribution in [0.1, 0.15) is 32.6 Å². The second-order valence-corrected chi connectivity index (χ2v) is 7.28. The number of hydrogen-bond acceptors (Lipinski definition) is 3. The van der Waals surface area contributed by atoms with E-state index >= 15 is 0 Å². The SMILES string of the molecule is CC1CCC2(CCS(=O)(=O)CC2)C1O. The number of rotatable bonds is 0. The summed E-state index contributed by atoms with van der Waals surface area (Å²) < 4.78 is 22.6. The minimum absolute atomic E-state index is 0.0647. The Morgan fingerprint density at radius 2 is 1.79 bits per heavy atom. The maximum Gasteiger partial charge on any atom is 0.150 e. The van der Waals surface area contributed by atoms with Gasteiger partial charge in [-0.15, -0.1) is 0 Å². The fraction of sp³-hybridized carbons (Fsp3) is 1.00. The lowest BCUT2D eigenvalue weighted by Crippen LogP contribution is -2.40. The Kier molecular flexibility index (Phi) is 2.39. The molecule has 1 saturated heterocycles. The fourth-order valence-electron chi connectivity index (χ4n) is 2.91. The maximum atomic E-state index is 11.3. The molecule has 0 radical (unpaired) electrons. The van der Waals surface area contributed by atoms with E-state index in [-0.39, 0.29) is 23.0 Å². The van der Waals surface area contributed by atoms with Gasteiger partial charge in [-0.25, -0.2) is 8.42 Å². The molecule has 0 aromatic rings. The lowest BCUT2D eigenvalue weighted by atomic mass is 9.77. The summed E-state index contributed by atoms with van der Waals surface area (Å²) in [6, 6.07) is 0. The molecule has 3 nitrogen and oxygen atoms in total. The maximum absolute atomic E-state index is 11.3. The first-order valence-electron chi connectivity index (χ1n) is 5.34. The van der Waals surface area contributed by atoms with Crippen LogP contribution < -0.4 is 0 Å². The summed E-state index contributed by atoms with van der Waals surface area (Å²) >= 11 is 0. The summed E-state index contributed by atoms with van der Waals surface area (Å²) in [7, 11) is -2.80. The zero-order chi connectivity index (χ0) is 10.4. The molecule has 0 bridgehead atoms. The Morgan fingerprint density at radius 1 is 1.21 bits per heavy atom. The molecule has 0 aromatic heterocycles. The average Bonchev–Trinajstić information content (AvgIpc) is 2.40. The molecule has 4 heteroatoms. The Labute approximate surface area is 85.4 Å². The number of hydrogen-bond donors (Lipinski definition) is 1. The van der Waals surface area contributed by atoms with Crippen LogP contribution in [-0.2, 0) is 9.84 Å². The van der Waals surface area contributed by atoms with Gasteiger partial charge in [0.25, 0.3) is 0 Å². The topological polar surface area (TPSA) is 54.4 Å². The van der Waals surface area contributed by atoms with Crippen molar-refractivity contribution in [2.24, 2.45) is 11.3 Å². The van der Waals surface area contributed by atoms with Gasteiger partial charge in [-0.2, -0.15) is 0 Å². The standard InChI is InChI=1S/C10H18O3S/c1-8-2-3-10(9(8)11)4-6-14(12,13)7-5-10/h8-9,11H,2-7H2,1H3. The smallest absolute Gasteiger partial charge is 0.150 e. The molecule has 82 valence electrons. The first-order chi connectivity index (χ1) is 6.45. The molecular weight excluding hydrogens is 200 g/mol. The first kappa shape index (κ1) is 10.4. The van der Waals surface area contributed by atoms with E-state index in [0.717, 1.165) is 12.8 Å². The van der Waals surface area contributed by atoms with Crippen LogP contribution in [0.3, 0.4) is 0 Å². The van der Waals surface area contributed by atoms with Crippen LogP contribution in [0.5, 0.6) is 0 Å². The van der Waals surface area contributed by atoms with Gasteiger partial charge in [0.1, 0.15) is 9.84 Å². The summed E-state index contributed by atoms with van der Waals surface area (Å²) in [5.74, 6) is 0.893. The lowest BCUT2D eigenvalue weighted by molar-refractivity contribution is 0.0214. The van der Waals surface area contributed by atoms with Crippen molar-refractivity contribution in [1.82, 2.24) is 0 Å². The zero-order valence-corrected chi connectivity index (χ0v) is 9.39. The van der Waals surface area contributed by atoms with Gasteiger partial charge < -0.3 is 5.11 Å². The highest BCUT2D eigenvalue weighted by molar-refractivity contribution is 7.91. The zero-order valence-electron chi connectivity index (χ0n) is 8.57. The fourth-order valence-corrected chi connectivity index (χ4v) is 4.55. The number of aliphatic hydroxyl groups excluding tert-OH is 1. The minimum atomic E-state index is -2.80. The van der Waals surface area contributed by atoms with Crippen molar-refractivity contribution < 1.29 is 13.5 Å². The van der Waals surface area contributed by atoms with Gasteiger partial charge in [0, 0.05) is 0 Å². The van der Waals surface area contributed by atoms with Crippen molar-refractivity contribution in [3.05, 3.63) is 0 Å². The number of sulfone groups is 1. The lowest BCUT2D eigenvalue weighted by Gasteiger charge is -2.37. The summed E-state index contributed by atoms with van der Waals surface area (Å²) in [5.41, 5.74) is -0.0647. The summed E-state index contributed by atoms with van der Waals surface area (Å²) in [5, 5.41) is 10.0. The third kappa shape index (κ3) is 1.58. The monoisotopic (exact) mass is 218 g/mol. The Bertz CT molecular complexity index is 306. The van der Waals surface area contributed by atoms with E-state index in [1.807, 2.05) is 0 Å². The molecule has 1 aliphatic carbocycles. The molecule has 1 heterocycles. The van der Waals surface area contributed by atoms with Crippen LogP contribution in [0.15, 0.2) is 0 Å². The third-order valence-electron chi connectivity index (χ3n) is 4.09. The van der Waals surface area contributed by atoms with Crippen LogP contribution in [-0.4, -0.2) is 31.1 Å². The van der Waals surface area contributed by atoms with Gasteiger partial charge in [-0.1, -0.05) is 6.92 Å². The van der Waals surface area contributed by atoms with Gasteiger partial charge in [0.2, 0.25) is 0 Å². The van der Waals surface area contributed by atoms with E-state index < -0.39 is 9.84 Å². The highest BCUT2D eigenvalue weighted by Crippen LogP contribution is 2.49. The Morgan fingerprint density at radius 3 is 2.21 bits per heavy atom. The van der Waals surface area contributed by atoms with Crippen LogP contribution in [0.4, 0.5) is 0 Å². The van der Waals surface area contributed by atoms with Crippen LogP contribution in [0.25, 0.3) is 0 Å². The predicted molar refractivity (Wildman–Crippen MR) is 54.7 cm³/mol. The van der Waals surface area contributed by atoms with E-state index in [1.165, 1.54) is 0 Å². The normalized spacial score (nSPS) is 40.1. The predicted octanol–water partition coefficient (Wildman–Crippen LogP) is 0.972. The molecular formula is C10H18O3S. The molecule has 2 aliphatic rings. The van der Waals surface area contributed by atoms with Crippen molar-refractivity contribution in [2.45, 2.75) is 38.7 Å². The first-order valence-corrected chi connectivity index (χ1v) is 7.16. The summed E-state index contributed by atoms with van der Waals surface area (Å²) in [4.78, 5) is 0. The molecule has 0 amide bonds. The number of aliphatic hydroxyl groups is 1. The molecule has 2 unspecified atom stereocenters. The van der Waals surface area contributed by atoms with E-state index in [4.69, 9.17) is 0 Å². The van der Waals surface area contributed by atoms with Crippen LogP contribution in [0.2, 0.25) is 0 Å². The van der Waals surface area contributed by atoms with Gasteiger partial charge in [0.05, 0.1) is 17.6 Å². The van der Waals surface area contributed by atoms with Crippen molar-refractivity contribution in [2.75, 3.05) is 11.5 Å². The molecule has 1 N–H and O–H groups in total. The van der Waals surface area contributed by atoms with Crippen molar-refractivity contribution in [1.29, 1.82) is 0 Å². The molecule has 1 saturated carbocycles. The Balaban J connectivity index is 2.14. The second-order valence-electron chi connectivity index (χ2n) is 4.97. The molecule has 2 fully saturated rings. The molecule has 0 aromatic carbocycles. The minimum Gasteiger partial charge on any atom is -0.392 e. The Hall–Kier alpha value is -0.0900. The van der Waals surface area contributed by atoms with Gasteiger partial charge >= 0.3 is 0 Å². The highest BCUT2D eigenvalue weighted by atomic mass is 32.2. The van der Waals surface area contributed by atoms with E-state index in [9.17, 15) is 13.5 Å². The molecule has 14 heavy (non-hydrogen) atoms. The van der Waals surface area contributed by atoms with Gasteiger partial charge in [-0.3, -0.25) is 0 Å². The molecule has 1 aliphatic heterocycles. The average molecular weight is 218 g/mol. The van der Waals surface area contributed by atoms with Crippen LogP contribution >= 0.6 is 0 Å². The van der Waals surface area contributed by atoms with Crippen LogP contribution in [0, 0.1) is 11.3 Å². The third-order valence-corrected chi connectivity index (χ3v) is 5.74. The molecule has 1 spiro atoms. The second kappa shape index (κ2) is 3.20. The van der Waals surface area contributed by atoms with Crippen molar-refractivity contribution in [3.63, 3.8) is 0 Å². The van der Waals surface area contributed by atoms with Gasteiger partial charge in [-0.05, 0) is 37.0 Å². The summed E-state index contributed by atoms with van der Waals surface area (Å²) in [6.45, 7) is 2.06. The van der Waals surface area contributed by atoms with Crippen molar-refractivity contribution in [3.8, 4) is 0 Å². The van der Waals surface area contributed by atoms with Crippen molar-refractivity contribution >= 4 is 9.84 Å². The van der Waals surface area contributed by atoms with Gasteiger partial charge in [0.15, 0.2) is 0 Å². The summed E-state index contributed by atoms with van der Waals surface area (Å²) in [6.07, 6.45) is 3.10. The molecule has 2 atom stereocenters.